The van der Waals surface area contributed by atoms with E-state index in [4.69, 9.17) is 4.74 Å². The fraction of sp³-hybridized carbons (Fsp3) is 0.320. The second-order valence-electron chi connectivity index (χ2n) is 8.17. The van der Waals surface area contributed by atoms with Gasteiger partial charge in [-0.15, -0.1) is 0 Å². The van der Waals surface area contributed by atoms with E-state index < -0.39 is 11.1 Å². The van der Waals surface area contributed by atoms with Gasteiger partial charge in [0.25, 0.3) is 11.1 Å². The number of halogens is 1. The van der Waals surface area contributed by atoms with Gasteiger partial charge in [-0.3, -0.25) is 19.3 Å². The number of hydrogen-bond acceptors (Lipinski definition) is 5. The van der Waals surface area contributed by atoms with E-state index in [1.807, 2.05) is 49.4 Å². The maximum Gasteiger partial charge on any atom is 0.294 e. The van der Waals surface area contributed by atoms with Crippen LogP contribution in [0.5, 0.6) is 5.75 Å². The molecule has 2 aromatic rings. The van der Waals surface area contributed by atoms with Crippen LogP contribution in [0, 0.1) is 6.92 Å². The molecule has 0 spiro atoms. The molecule has 2 saturated heterocycles. The van der Waals surface area contributed by atoms with Gasteiger partial charge in [-0.25, -0.2) is 0 Å². The van der Waals surface area contributed by atoms with Crippen molar-refractivity contribution in [3.63, 3.8) is 0 Å². The second kappa shape index (κ2) is 10.6. The van der Waals surface area contributed by atoms with Gasteiger partial charge >= 0.3 is 0 Å². The number of hydrogen-bond donors (Lipinski definition) is 0. The van der Waals surface area contributed by atoms with Crippen LogP contribution in [0.25, 0.3) is 6.08 Å². The molecule has 6 nitrogen and oxygen atoms in total. The number of imide groups is 1. The third-order valence-corrected chi connectivity index (χ3v) is 7.05. The number of nitrogens with zero attached hydrogens (tertiary/aromatic N) is 2. The number of carbonyl (C=O) groups is 3. The fourth-order valence-corrected chi connectivity index (χ4v) is 4.97. The number of likely N-dealkylation sites (tertiary alicyclic amines) is 1. The number of aryl methyl sites for hydroxylation is 1. The van der Waals surface area contributed by atoms with Crippen molar-refractivity contribution < 1.29 is 19.1 Å². The Bertz CT molecular complexity index is 1090. The minimum atomic E-state index is -0.445. The van der Waals surface area contributed by atoms with Crippen LogP contribution in [-0.4, -0.2) is 46.5 Å². The number of rotatable bonds is 6. The Morgan fingerprint density at radius 3 is 2.55 bits per heavy atom. The number of carbonyl (C=O) groups excluding carboxylic acids is 3. The lowest BCUT2D eigenvalue weighted by atomic mass is 10.1. The van der Waals surface area contributed by atoms with Crippen LogP contribution in [0.3, 0.4) is 0 Å². The number of benzene rings is 2. The smallest absolute Gasteiger partial charge is 0.294 e. The molecule has 172 valence electrons. The highest BCUT2D eigenvalue weighted by Crippen LogP contribution is 2.35. The summed E-state index contributed by atoms with van der Waals surface area (Å²) < 4.78 is 6.85. The predicted molar refractivity (Wildman–Crippen MR) is 133 cm³/mol. The molecule has 4 rings (SSSR count). The first-order valence-electron chi connectivity index (χ1n) is 10.9. The third kappa shape index (κ3) is 5.86. The molecule has 2 aliphatic heterocycles. The molecule has 0 radical (unpaired) electrons. The lowest BCUT2D eigenvalue weighted by molar-refractivity contribution is -0.136. The quantitative estimate of drug-likeness (QED) is 0.470. The van der Waals surface area contributed by atoms with Crippen LogP contribution in [0.4, 0.5) is 4.79 Å². The molecule has 3 amide bonds. The van der Waals surface area contributed by atoms with Gasteiger partial charge in [-0.05, 0) is 67.8 Å². The Morgan fingerprint density at radius 1 is 1.09 bits per heavy atom. The fourth-order valence-electron chi connectivity index (χ4n) is 3.77. The zero-order chi connectivity index (χ0) is 23.4. The van der Waals surface area contributed by atoms with E-state index >= 15 is 0 Å². The first-order valence-corrected chi connectivity index (χ1v) is 12.5. The number of ether oxygens (including phenoxy) is 1. The highest BCUT2D eigenvalue weighted by Gasteiger charge is 2.37. The van der Waals surface area contributed by atoms with E-state index in [1.165, 1.54) is 5.56 Å². The van der Waals surface area contributed by atoms with E-state index in [1.54, 1.807) is 11.0 Å². The zero-order valence-electron chi connectivity index (χ0n) is 18.4. The summed E-state index contributed by atoms with van der Waals surface area (Å²) in [6, 6.07) is 13.6. The summed E-state index contributed by atoms with van der Waals surface area (Å²) in [6.45, 7) is 3.58. The Morgan fingerprint density at radius 2 is 1.82 bits per heavy atom. The standard InChI is InChI=1S/C25H25BrN2O4S/c1-17-5-7-18(8-6-17)16-32-21-10-9-20(26)13-19(21)14-22-24(30)28(25(31)33-22)15-23(29)27-11-3-2-4-12-27/h5-10,13-14H,2-4,11-12,15-16H2,1H3/b22-14-. The molecular formula is C25H25BrN2O4S. The van der Waals surface area contributed by atoms with Gasteiger partial charge in [0.2, 0.25) is 5.91 Å². The molecular weight excluding hydrogens is 504 g/mol. The average molecular weight is 529 g/mol. The summed E-state index contributed by atoms with van der Waals surface area (Å²) >= 11 is 4.31. The van der Waals surface area contributed by atoms with Crippen molar-refractivity contribution in [2.45, 2.75) is 32.8 Å². The van der Waals surface area contributed by atoms with Gasteiger partial charge in [0.1, 0.15) is 18.9 Å². The van der Waals surface area contributed by atoms with Crippen molar-refractivity contribution in [3.05, 3.63) is 68.5 Å². The summed E-state index contributed by atoms with van der Waals surface area (Å²) in [5.41, 5.74) is 2.90. The van der Waals surface area contributed by atoms with Gasteiger partial charge in [0.15, 0.2) is 0 Å². The first-order chi connectivity index (χ1) is 15.9. The third-order valence-electron chi connectivity index (χ3n) is 5.65. The highest BCUT2D eigenvalue weighted by molar-refractivity contribution is 9.10. The van der Waals surface area contributed by atoms with Crippen LogP contribution >= 0.6 is 27.7 Å². The minimum absolute atomic E-state index is 0.178. The Labute approximate surface area is 206 Å². The molecule has 8 heteroatoms. The Hall–Kier alpha value is -2.58. The first kappa shape index (κ1) is 23.6. The number of thioether (sulfide) groups is 1. The SMILES string of the molecule is Cc1ccc(COc2ccc(Br)cc2/C=C2\SC(=O)N(CC(=O)N3CCCCC3)C2=O)cc1. The summed E-state index contributed by atoms with van der Waals surface area (Å²) in [6.07, 6.45) is 4.68. The molecule has 0 aliphatic carbocycles. The van der Waals surface area contributed by atoms with Crippen LogP contribution in [0.2, 0.25) is 0 Å². The lowest BCUT2D eigenvalue weighted by Crippen LogP contribution is -2.44. The van der Waals surface area contributed by atoms with Crippen LogP contribution in [-0.2, 0) is 16.2 Å². The van der Waals surface area contributed by atoms with Crippen molar-refractivity contribution >= 4 is 50.8 Å². The van der Waals surface area contributed by atoms with Gasteiger partial charge < -0.3 is 9.64 Å². The molecule has 2 heterocycles. The summed E-state index contributed by atoms with van der Waals surface area (Å²) in [5, 5.41) is -0.422. The maximum absolute atomic E-state index is 12.9. The topological polar surface area (TPSA) is 66.9 Å². The van der Waals surface area contributed by atoms with Gasteiger partial charge in [0, 0.05) is 23.1 Å². The summed E-state index contributed by atoms with van der Waals surface area (Å²) in [5.74, 6) is -0.0161. The van der Waals surface area contributed by atoms with Crippen molar-refractivity contribution in [3.8, 4) is 5.75 Å². The highest BCUT2D eigenvalue weighted by atomic mass is 79.9. The van der Waals surface area contributed by atoms with E-state index in [0.29, 0.717) is 31.0 Å². The molecule has 0 saturated carbocycles. The molecule has 33 heavy (non-hydrogen) atoms. The van der Waals surface area contributed by atoms with Gasteiger partial charge in [-0.1, -0.05) is 45.8 Å². The van der Waals surface area contributed by atoms with Crippen LogP contribution in [0.15, 0.2) is 51.8 Å². The molecule has 2 aliphatic rings. The van der Waals surface area contributed by atoms with E-state index in [2.05, 4.69) is 15.9 Å². The second-order valence-corrected chi connectivity index (χ2v) is 10.1. The van der Waals surface area contributed by atoms with E-state index in [0.717, 1.165) is 46.0 Å². The molecule has 0 N–H and O–H groups in total. The molecule has 0 atom stereocenters. The largest absolute Gasteiger partial charge is 0.488 e. The van der Waals surface area contributed by atoms with Crippen LogP contribution < -0.4 is 4.74 Å². The molecule has 0 unspecified atom stereocenters. The van der Waals surface area contributed by atoms with E-state index in [-0.39, 0.29) is 17.4 Å². The van der Waals surface area contributed by atoms with Crippen molar-refractivity contribution in [1.29, 1.82) is 0 Å². The molecule has 0 bridgehead atoms. The van der Waals surface area contributed by atoms with Gasteiger partial charge in [0.05, 0.1) is 4.91 Å². The number of amides is 3. The molecule has 2 aromatic carbocycles. The Balaban J connectivity index is 1.49. The minimum Gasteiger partial charge on any atom is -0.488 e. The monoisotopic (exact) mass is 528 g/mol. The average Bonchev–Trinajstić information content (AvgIpc) is 3.07. The molecule has 0 aromatic heterocycles. The Kier molecular flexibility index (Phi) is 7.55. The van der Waals surface area contributed by atoms with Gasteiger partial charge in [-0.2, -0.15) is 0 Å². The van der Waals surface area contributed by atoms with E-state index in [9.17, 15) is 14.4 Å². The lowest BCUT2D eigenvalue weighted by Gasteiger charge is -2.27. The van der Waals surface area contributed by atoms with Crippen molar-refractivity contribution in [1.82, 2.24) is 9.80 Å². The summed E-state index contributed by atoms with van der Waals surface area (Å²) in [7, 11) is 0. The van der Waals surface area contributed by atoms with Crippen LogP contribution in [0.1, 0.15) is 36.0 Å². The summed E-state index contributed by atoms with van der Waals surface area (Å²) in [4.78, 5) is 41.1. The normalized spacial score (nSPS) is 17.7. The number of piperidine rings is 1. The van der Waals surface area contributed by atoms with Crippen molar-refractivity contribution in [2.24, 2.45) is 0 Å². The zero-order valence-corrected chi connectivity index (χ0v) is 20.8. The maximum atomic E-state index is 12.9. The molecule has 2 fully saturated rings. The van der Waals surface area contributed by atoms with Crippen molar-refractivity contribution in [2.75, 3.05) is 19.6 Å². The predicted octanol–water partition coefficient (Wildman–Crippen LogP) is 5.39.